The highest BCUT2D eigenvalue weighted by molar-refractivity contribution is 7.84. The maximum Gasteiger partial charge on any atom is 0.244 e. The van der Waals surface area contributed by atoms with Crippen LogP contribution in [0.2, 0.25) is 0 Å². The molecule has 0 bridgehead atoms. The Morgan fingerprint density at radius 3 is 2.94 bits per heavy atom. The van der Waals surface area contributed by atoms with E-state index in [1.54, 1.807) is 11.1 Å². The Morgan fingerprint density at radius 1 is 1.69 bits per heavy atom. The molecular formula is C10H17N3O2S. The van der Waals surface area contributed by atoms with E-state index in [2.05, 4.69) is 22.9 Å². The monoisotopic (exact) mass is 243 g/mol. The molecule has 0 radical (unpaired) electrons. The first kappa shape index (κ1) is 13.1. The first-order valence-corrected chi connectivity index (χ1v) is 5.57. The quantitative estimate of drug-likeness (QED) is 0.571. The second kappa shape index (κ2) is 5.91. The summed E-state index contributed by atoms with van der Waals surface area (Å²) in [6.45, 7) is 6.27. The number of hydrogen-bond donors (Lipinski definition) is 2. The van der Waals surface area contributed by atoms with Gasteiger partial charge >= 0.3 is 0 Å². The zero-order chi connectivity index (χ0) is 12.1. The van der Waals surface area contributed by atoms with Gasteiger partial charge in [0.2, 0.25) is 5.91 Å². The van der Waals surface area contributed by atoms with E-state index in [0.717, 1.165) is 0 Å². The Hall–Kier alpha value is -1.01. The van der Waals surface area contributed by atoms with Crippen molar-refractivity contribution in [3.63, 3.8) is 0 Å². The van der Waals surface area contributed by atoms with E-state index in [9.17, 15) is 4.79 Å². The number of nitrogens with one attached hydrogen (secondary N) is 1. The molecule has 0 saturated heterocycles. The number of thiol groups is 1. The van der Waals surface area contributed by atoms with Crippen molar-refractivity contribution in [2.24, 2.45) is 4.99 Å². The fourth-order valence-electron chi connectivity index (χ4n) is 1.24. The molecule has 0 spiro atoms. The zero-order valence-electron chi connectivity index (χ0n) is 9.73. The summed E-state index contributed by atoms with van der Waals surface area (Å²) in [4.78, 5) is 17.3. The van der Waals surface area contributed by atoms with Crippen molar-refractivity contribution in [1.82, 2.24) is 10.2 Å². The van der Waals surface area contributed by atoms with Crippen LogP contribution in [0.3, 0.4) is 0 Å². The lowest BCUT2D eigenvalue weighted by atomic mass is 10.4. The summed E-state index contributed by atoms with van der Waals surface area (Å²) >= 11 is 4.19. The van der Waals surface area contributed by atoms with Crippen molar-refractivity contribution in [2.45, 2.75) is 26.9 Å². The maximum absolute atomic E-state index is 11.3. The van der Waals surface area contributed by atoms with Gasteiger partial charge in [-0.25, -0.2) is 4.99 Å². The largest absolute Gasteiger partial charge is 0.358 e. The Bertz CT molecular complexity index is 326. The van der Waals surface area contributed by atoms with E-state index in [-0.39, 0.29) is 18.6 Å². The molecule has 0 aromatic heterocycles. The predicted molar refractivity (Wildman–Crippen MR) is 66.1 cm³/mol. The van der Waals surface area contributed by atoms with Crippen molar-refractivity contribution >= 4 is 24.8 Å². The smallest absolute Gasteiger partial charge is 0.244 e. The lowest BCUT2D eigenvalue weighted by Crippen LogP contribution is -2.43. The number of rotatable bonds is 4. The topological polar surface area (TPSA) is 53.9 Å². The Labute approximate surface area is 101 Å². The number of ether oxygens (including phenoxy) is 1. The molecule has 0 aliphatic carbocycles. The van der Waals surface area contributed by atoms with E-state index in [4.69, 9.17) is 4.74 Å². The summed E-state index contributed by atoms with van der Waals surface area (Å²) in [5.74, 6) is 0.526. The molecule has 0 unspecified atom stereocenters. The van der Waals surface area contributed by atoms with Crippen LogP contribution in [-0.4, -0.2) is 36.4 Å². The fourth-order valence-corrected chi connectivity index (χ4v) is 1.56. The van der Waals surface area contributed by atoms with Gasteiger partial charge in [0.05, 0.1) is 6.10 Å². The minimum absolute atomic E-state index is 0.104. The highest BCUT2D eigenvalue weighted by atomic mass is 32.1. The van der Waals surface area contributed by atoms with Crippen molar-refractivity contribution in [3.05, 3.63) is 10.9 Å². The summed E-state index contributed by atoms with van der Waals surface area (Å²) in [6.07, 6.45) is 1.77. The van der Waals surface area contributed by atoms with E-state index >= 15 is 0 Å². The number of amides is 1. The van der Waals surface area contributed by atoms with Gasteiger partial charge in [0.25, 0.3) is 0 Å². The van der Waals surface area contributed by atoms with Crippen LogP contribution in [0.25, 0.3) is 0 Å². The van der Waals surface area contributed by atoms with Crippen LogP contribution in [-0.2, 0) is 9.53 Å². The average molecular weight is 243 g/mol. The number of nitrogens with zero attached hydrogens (tertiary/aromatic N) is 2. The molecule has 1 heterocycles. The molecule has 1 aliphatic rings. The Morgan fingerprint density at radius 2 is 2.38 bits per heavy atom. The Balaban J connectivity index is 2.78. The molecule has 1 rings (SSSR count). The first-order chi connectivity index (χ1) is 7.54. The average Bonchev–Trinajstić information content (AvgIpc) is 2.19. The van der Waals surface area contributed by atoms with Crippen LogP contribution in [0.15, 0.2) is 15.8 Å². The summed E-state index contributed by atoms with van der Waals surface area (Å²) in [7, 11) is 0. The van der Waals surface area contributed by atoms with Crippen LogP contribution >= 0.6 is 12.6 Å². The van der Waals surface area contributed by atoms with E-state index in [0.29, 0.717) is 17.6 Å². The molecule has 0 saturated carbocycles. The standard InChI is InChI=1S/C10H17N3O2S/c1-4-11-9-10(16)12-8(14)5-13(9)6-15-7(2)3/h4,7,16H,5-6H2,1-3H3,(H,12,14)/b11-4-. The molecular weight excluding hydrogens is 226 g/mol. The van der Waals surface area contributed by atoms with E-state index in [1.165, 1.54) is 0 Å². The van der Waals surface area contributed by atoms with Gasteiger partial charge in [0, 0.05) is 6.21 Å². The summed E-state index contributed by atoms with van der Waals surface area (Å²) < 4.78 is 5.46. The normalized spacial score (nSPS) is 17.6. The lowest BCUT2D eigenvalue weighted by Gasteiger charge is -2.29. The predicted octanol–water partition coefficient (Wildman–Crippen LogP) is 0.948. The third-order valence-corrected chi connectivity index (χ3v) is 2.23. The minimum Gasteiger partial charge on any atom is -0.358 e. The van der Waals surface area contributed by atoms with Crippen LogP contribution in [0.1, 0.15) is 20.8 Å². The Kier molecular flexibility index (Phi) is 4.82. The molecule has 0 aromatic rings. The third kappa shape index (κ3) is 3.53. The second-order valence-electron chi connectivity index (χ2n) is 3.65. The molecule has 5 nitrogen and oxygen atoms in total. The number of carbonyl (C=O) groups is 1. The SMILES string of the molecule is C/C=N\C1=C(S)NC(=O)CN1COC(C)C. The van der Waals surface area contributed by atoms with Gasteiger partial charge in [-0.15, -0.1) is 12.6 Å². The molecule has 90 valence electrons. The van der Waals surface area contributed by atoms with Gasteiger partial charge in [0.15, 0.2) is 5.82 Å². The van der Waals surface area contributed by atoms with Crippen molar-refractivity contribution in [3.8, 4) is 0 Å². The van der Waals surface area contributed by atoms with Crippen LogP contribution in [0, 0.1) is 0 Å². The maximum atomic E-state index is 11.3. The fraction of sp³-hybridized carbons (Fsp3) is 0.600. The minimum atomic E-state index is -0.104. The summed E-state index contributed by atoms with van der Waals surface area (Å²) in [6, 6.07) is 0. The van der Waals surface area contributed by atoms with E-state index in [1.807, 2.05) is 20.8 Å². The van der Waals surface area contributed by atoms with Crippen LogP contribution < -0.4 is 5.32 Å². The second-order valence-corrected chi connectivity index (χ2v) is 4.10. The van der Waals surface area contributed by atoms with E-state index < -0.39 is 0 Å². The molecule has 1 N–H and O–H groups in total. The van der Waals surface area contributed by atoms with Gasteiger partial charge in [-0.05, 0) is 20.8 Å². The molecule has 0 aromatic carbocycles. The van der Waals surface area contributed by atoms with Gasteiger partial charge in [-0.3, -0.25) is 4.79 Å². The molecule has 16 heavy (non-hydrogen) atoms. The molecule has 0 fully saturated rings. The highest BCUT2D eigenvalue weighted by Gasteiger charge is 2.22. The molecule has 1 aliphatic heterocycles. The first-order valence-electron chi connectivity index (χ1n) is 5.13. The zero-order valence-corrected chi connectivity index (χ0v) is 10.6. The lowest BCUT2D eigenvalue weighted by molar-refractivity contribution is -0.123. The number of carbonyl (C=O) groups excluding carboxylic acids is 1. The number of aliphatic imine (C=N–C) groups is 1. The summed E-state index contributed by atoms with van der Waals surface area (Å²) in [5, 5.41) is 3.09. The van der Waals surface area contributed by atoms with Crippen LogP contribution in [0.4, 0.5) is 0 Å². The van der Waals surface area contributed by atoms with Gasteiger partial charge in [-0.2, -0.15) is 0 Å². The molecule has 1 amide bonds. The number of hydrogen-bond acceptors (Lipinski definition) is 5. The van der Waals surface area contributed by atoms with Crippen molar-refractivity contribution < 1.29 is 9.53 Å². The molecule has 0 atom stereocenters. The van der Waals surface area contributed by atoms with Gasteiger partial charge in [-0.1, -0.05) is 0 Å². The summed E-state index contributed by atoms with van der Waals surface area (Å²) in [5.41, 5.74) is 0. The third-order valence-electron chi connectivity index (χ3n) is 1.92. The highest BCUT2D eigenvalue weighted by Crippen LogP contribution is 2.17. The van der Waals surface area contributed by atoms with Crippen LogP contribution in [0.5, 0.6) is 0 Å². The van der Waals surface area contributed by atoms with Gasteiger partial charge in [0.1, 0.15) is 18.3 Å². The van der Waals surface area contributed by atoms with Crippen molar-refractivity contribution in [2.75, 3.05) is 13.3 Å². The van der Waals surface area contributed by atoms with Gasteiger partial charge < -0.3 is 15.0 Å². The van der Waals surface area contributed by atoms with Crippen molar-refractivity contribution in [1.29, 1.82) is 0 Å². The molecule has 6 heteroatoms.